The third kappa shape index (κ3) is 2.42. The van der Waals surface area contributed by atoms with E-state index in [4.69, 9.17) is 9.97 Å². The fraction of sp³-hybridized carbons (Fsp3) is 0.172. The highest BCUT2D eigenvalue weighted by atomic mass is 16.2. The summed E-state index contributed by atoms with van der Waals surface area (Å²) in [5.74, 6) is 0.136. The third-order valence-electron chi connectivity index (χ3n) is 8.02. The van der Waals surface area contributed by atoms with Gasteiger partial charge in [-0.2, -0.15) is 0 Å². The summed E-state index contributed by atoms with van der Waals surface area (Å²) in [6.45, 7) is 0. The van der Waals surface area contributed by atoms with Gasteiger partial charge in [-0.05, 0) is 18.6 Å². The van der Waals surface area contributed by atoms with Gasteiger partial charge in [-0.1, -0.05) is 78.9 Å². The maximum absolute atomic E-state index is 13.4. The Morgan fingerprint density at radius 2 is 1.00 bits per heavy atom. The Bertz CT molecular complexity index is 1660. The first kappa shape index (κ1) is 19.8. The zero-order valence-electron chi connectivity index (χ0n) is 19.2. The number of aromatic nitrogens is 5. The molecule has 0 spiro atoms. The summed E-state index contributed by atoms with van der Waals surface area (Å²) in [6, 6.07) is 29.3. The molecule has 7 heteroatoms. The van der Waals surface area contributed by atoms with Crippen molar-refractivity contribution >= 4 is 0 Å². The third-order valence-corrected chi connectivity index (χ3v) is 8.02. The van der Waals surface area contributed by atoms with Crippen LogP contribution in [0.1, 0.15) is 41.7 Å². The lowest BCUT2D eigenvalue weighted by Crippen LogP contribution is -2.50. The average Bonchev–Trinajstić information content (AvgIpc) is 3.49. The number of nitrogens with zero attached hydrogens (tertiary/aromatic N) is 5. The van der Waals surface area contributed by atoms with E-state index in [9.17, 15) is 9.59 Å². The van der Waals surface area contributed by atoms with Crippen molar-refractivity contribution in [1.29, 1.82) is 0 Å². The fourth-order valence-corrected chi connectivity index (χ4v) is 6.55. The minimum atomic E-state index is -0.279. The summed E-state index contributed by atoms with van der Waals surface area (Å²) in [5.41, 5.74) is 5.73. The normalized spacial score (nSPS) is 22.6. The van der Waals surface area contributed by atoms with Crippen LogP contribution in [0.15, 0.2) is 101 Å². The van der Waals surface area contributed by atoms with Crippen molar-refractivity contribution in [3.05, 3.63) is 123 Å². The van der Waals surface area contributed by atoms with Crippen molar-refractivity contribution in [1.82, 2.24) is 23.9 Å². The van der Waals surface area contributed by atoms with Crippen LogP contribution >= 0.6 is 0 Å². The quantitative estimate of drug-likeness (QED) is 0.393. The smallest absolute Gasteiger partial charge is 0.248 e. The predicted octanol–water partition coefficient (Wildman–Crippen LogP) is 4.31. The summed E-state index contributed by atoms with van der Waals surface area (Å²) >= 11 is 0. The molecule has 174 valence electrons. The standard InChI is InChI=1S/C29H21N5O2/c35-28-32(19-14-8-3-9-15-19)29(36)34-27-21-16-20(26(27)33(28)34)24-25(21)31-23(18-12-6-2-7-13-18)22(30-24)17-10-4-1-5-11-17/h1-15,20-21,26-27H,16H2. The van der Waals surface area contributed by atoms with Gasteiger partial charge < -0.3 is 0 Å². The molecule has 3 heterocycles. The molecule has 8 rings (SSSR count). The second-order valence-corrected chi connectivity index (χ2v) is 9.78. The fourth-order valence-electron chi connectivity index (χ4n) is 6.55. The van der Waals surface area contributed by atoms with E-state index in [0.29, 0.717) is 5.69 Å². The number of benzene rings is 3. The maximum Gasteiger partial charge on any atom is 0.352 e. The molecule has 2 bridgehead atoms. The Hall–Kier alpha value is -4.52. The van der Waals surface area contributed by atoms with E-state index >= 15 is 0 Å². The number of fused-ring (bicyclic) bond motifs is 11. The van der Waals surface area contributed by atoms with Crippen molar-refractivity contribution in [2.24, 2.45) is 0 Å². The van der Waals surface area contributed by atoms with E-state index in [1.165, 1.54) is 4.57 Å². The van der Waals surface area contributed by atoms with Crippen LogP contribution in [0.5, 0.6) is 0 Å². The molecule has 0 radical (unpaired) electrons. The van der Waals surface area contributed by atoms with Crippen LogP contribution in [0.3, 0.4) is 0 Å². The number of rotatable bonds is 3. The molecular formula is C29H21N5O2. The van der Waals surface area contributed by atoms with Crippen molar-refractivity contribution in [2.45, 2.75) is 30.3 Å². The van der Waals surface area contributed by atoms with Gasteiger partial charge in [-0.15, -0.1) is 0 Å². The zero-order valence-corrected chi connectivity index (χ0v) is 19.2. The summed E-state index contributed by atoms with van der Waals surface area (Å²) in [6.07, 6.45) is 0.857. The lowest BCUT2D eigenvalue weighted by molar-refractivity contribution is 0.119. The van der Waals surface area contributed by atoms with Crippen molar-refractivity contribution in [2.75, 3.05) is 0 Å². The molecule has 7 nitrogen and oxygen atoms in total. The van der Waals surface area contributed by atoms with Gasteiger partial charge in [0.1, 0.15) is 0 Å². The first-order chi connectivity index (χ1) is 17.7. The maximum atomic E-state index is 13.4. The summed E-state index contributed by atoms with van der Waals surface area (Å²) < 4.78 is 4.60. The average molecular weight is 472 g/mol. The molecule has 2 aliphatic carbocycles. The zero-order chi connectivity index (χ0) is 24.0. The minimum absolute atomic E-state index is 0.0619. The van der Waals surface area contributed by atoms with Gasteiger partial charge in [-0.25, -0.2) is 33.5 Å². The van der Waals surface area contributed by atoms with Crippen LogP contribution in [0.2, 0.25) is 0 Å². The highest BCUT2D eigenvalue weighted by Gasteiger charge is 2.62. The van der Waals surface area contributed by atoms with Crippen molar-refractivity contribution < 1.29 is 0 Å². The number of para-hydroxylation sites is 1. The first-order valence-corrected chi connectivity index (χ1v) is 12.3. The topological polar surface area (TPSA) is 74.7 Å². The second-order valence-electron chi connectivity index (χ2n) is 9.78. The highest BCUT2D eigenvalue weighted by Crippen LogP contribution is 2.65. The van der Waals surface area contributed by atoms with Gasteiger partial charge in [0, 0.05) is 23.0 Å². The monoisotopic (exact) mass is 471 g/mol. The Morgan fingerprint density at radius 3 is 1.44 bits per heavy atom. The molecule has 3 aliphatic rings. The Kier molecular flexibility index (Phi) is 3.84. The molecule has 4 unspecified atom stereocenters. The molecule has 0 saturated heterocycles. The molecule has 0 N–H and O–H groups in total. The second kappa shape index (κ2) is 7.01. The van der Waals surface area contributed by atoms with Gasteiger partial charge in [0.25, 0.3) is 0 Å². The van der Waals surface area contributed by atoms with Gasteiger partial charge in [-0.3, -0.25) is 0 Å². The molecule has 3 aromatic carbocycles. The van der Waals surface area contributed by atoms with Gasteiger partial charge >= 0.3 is 11.4 Å². The largest absolute Gasteiger partial charge is 0.352 e. The van der Waals surface area contributed by atoms with Crippen LogP contribution in [-0.2, 0) is 0 Å². The van der Waals surface area contributed by atoms with E-state index in [1.807, 2.05) is 54.6 Å². The van der Waals surface area contributed by atoms with Crippen LogP contribution in [0.25, 0.3) is 28.2 Å². The Morgan fingerprint density at radius 1 is 0.583 bits per heavy atom. The van der Waals surface area contributed by atoms with Gasteiger partial charge in [0.05, 0.1) is 40.5 Å². The summed E-state index contributed by atoms with van der Waals surface area (Å²) in [4.78, 5) is 37.2. The minimum Gasteiger partial charge on any atom is -0.248 e. The van der Waals surface area contributed by atoms with E-state index in [1.54, 1.807) is 21.5 Å². The number of hydrogen-bond acceptors (Lipinski definition) is 4. The molecule has 5 aromatic rings. The van der Waals surface area contributed by atoms with Crippen LogP contribution < -0.4 is 11.4 Å². The first-order valence-electron chi connectivity index (χ1n) is 12.3. The lowest BCUT2D eigenvalue weighted by Gasteiger charge is -2.42. The van der Waals surface area contributed by atoms with E-state index in [-0.39, 0.29) is 35.3 Å². The highest BCUT2D eigenvalue weighted by molar-refractivity contribution is 5.78. The molecular weight excluding hydrogens is 450 g/mol. The number of hydrogen-bond donors (Lipinski definition) is 0. The molecule has 2 aromatic heterocycles. The molecule has 1 fully saturated rings. The molecule has 1 saturated carbocycles. The van der Waals surface area contributed by atoms with Crippen molar-refractivity contribution in [3.63, 3.8) is 0 Å². The molecule has 0 amide bonds. The SMILES string of the molecule is O=c1n(-c2ccccc2)c(=O)n2n1C1C3CC(c4nc(-c5ccccc5)c(-c5ccccc5)nc43)C12. The van der Waals surface area contributed by atoms with Crippen LogP contribution in [0.4, 0.5) is 0 Å². The van der Waals surface area contributed by atoms with Gasteiger partial charge in [0.15, 0.2) is 0 Å². The Labute approximate surface area is 205 Å². The van der Waals surface area contributed by atoms with E-state index in [2.05, 4.69) is 24.3 Å². The summed E-state index contributed by atoms with van der Waals surface area (Å²) in [5, 5.41) is 0. The Balaban J connectivity index is 1.31. The molecule has 4 atom stereocenters. The lowest BCUT2D eigenvalue weighted by atomic mass is 9.87. The van der Waals surface area contributed by atoms with E-state index in [0.717, 1.165) is 40.3 Å². The van der Waals surface area contributed by atoms with Crippen LogP contribution in [0, 0.1) is 0 Å². The summed E-state index contributed by atoms with van der Waals surface area (Å²) in [7, 11) is 0. The van der Waals surface area contributed by atoms with E-state index < -0.39 is 0 Å². The molecule has 36 heavy (non-hydrogen) atoms. The predicted molar refractivity (Wildman–Crippen MR) is 135 cm³/mol. The van der Waals surface area contributed by atoms with Crippen molar-refractivity contribution in [3.8, 4) is 28.2 Å². The van der Waals surface area contributed by atoms with Crippen LogP contribution in [-0.4, -0.2) is 23.9 Å². The molecule has 1 aliphatic heterocycles. The van der Waals surface area contributed by atoms with Gasteiger partial charge in [0.2, 0.25) is 0 Å².